The largest absolute Gasteiger partial charge is 0.495 e. The summed E-state index contributed by atoms with van der Waals surface area (Å²) < 4.78 is 8.31. The van der Waals surface area contributed by atoms with Crippen molar-refractivity contribution >= 4 is 39.3 Å². The van der Waals surface area contributed by atoms with Crippen LogP contribution in [0.5, 0.6) is 5.75 Å². The number of aryl methyl sites for hydroxylation is 1. The first-order chi connectivity index (χ1) is 15.5. The van der Waals surface area contributed by atoms with Crippen molar-refractivity contribution < 1.29 is 9.53 Å². The van der Waals surface area contributed by atoms with Crippen LogP contribution >= 0.6 is 27.7 Å². The highest BCUT2D eigenvalue weighted by molar-refractivity contribution is 9.10. The number of thioether (sulfide) groups is 1. The standard InChI is InChI=1S/C24H21BrN4O2S/c1-16-8-13-21(31-2)20(14-16)26-22(30)15-32-24-28-27-23(17-9-11-18(25)12-10-17)29(24)19-6-4-3-5-7-19/h3-14H,15H2,1-2H3,(H,26,30). The summed E-state index contributed by atoms with van der Waals surface area (Å²) in [5.74, 6) is 1.38. The number of benzene rings is 3. The average molecular weight is 509 g/mol. The number of hydrogen-bond donors (Lipinski definition) is 1. The van der Waals surface area contributed by atoms with Crippen LogP contribution in [0.25, 0.3) is 17.1 Å². The first-order valence-electron chi connectivity index (χ1n) is 9.89. The number of ether oxygens (including phenoxy) is 1. The molecule has 0 unspecified atom stereocenters. The van der Waals surface area contributed by atoms with Gasteiger partial charge in [-0.1, -0.05) is 64.1 Å². The molecule has 3 aromatic carbocycles. The highest BCUT2D eigenvalue weighted by Gasteiger charge is 2.18. The van der Waals surface area contributed by atoms with Gasteiger partial charge in [-0.25, -0.2) is 0 Å². The second-order valence-corrected chi connectivity index (χ2v) is 8.88. The lowest BCUT2D eigenvalue weighted by atomic mass is 10.2. The van der Waals surface area contributed by atoms with Crippen molar-refractivity contribution in [3.05, 3.63) is 82.8 Å². The number of aromatic nitrogens is 3. The molecule has 1 heterocycles. The monoisotopic (exact) mass is 508 g/mol. The van der Waals surface area contributed by atoms with Gasteiger partial charge >= 0.3 is 0 Å². The van der Waals surface area contributed by atoms with Crippen LogP contribution in [0.4, 0.5) is 5.69 Å². The van der Waals surface area contributed by atoms with E-state index in [-0.39, 0.29) is 11.7 Å². The number of amides is 1. The fourth-order valence-corrected chi connectivity index (χ4v) is 4.21. The summed E-state index contributed by atoms with van der Waals surface area (Å²) in [6, 6.07) is 23.5. The highest BCUT2D eigenvalue weighted by Crippen LogP contribution is 2.29. The molecule has 0 aliphatic rings. The summed E-state index contributed by atoms with van der Waals surface area (Å²) in [6.45, 7) is 1.97. The summed E-state index contributed by atoms with van der Waals surface area (Å²) in [4.78, 5) is 12.7. The van der Waals surface area contributed by atoms with Crippen molar-refractivity contribution in [2.75, 3.05) is 18.2 Å². The van der Waals surface area contributed by atoms with E-state index in [1.54, 1.807) is 7.11 Å². The molecule has 1 N–H and O–H groups in total. The third kappa shape index (κ3) is 5.03. The number of carbonyl (C=O) groups excluding carboxylic acids is 1. The maximum Gasteiger partial charge on any atom is 0.234 e. The van der Waals surface area contributed by atoms with E-state index >= 15 is 0 Å². The lowest BCUT2D eigenvalue weighted by molar-refractivity contribution is -0.113. The van der Waals surface area contributed by atoms with Crippen LogP contribution in [-0.4, -0.2) is 33.5 Å². The van der Waals surface area contributed by atoms with E-state index in [9.17, 15) is 4.79 Å². The van der Waals surface area contributed by atoms with Gasteiger partial charge in [-0.2, -0.15) is 0 Å². The summed E-state index contributed by atoms with van der Waals surface area (Å²) in [5.41, 5.74) is 3.55. The minimum atomic E-state index is -0.147. The molecular formula is C24H21BrN4O2S. The molecular weight excluding hydrogens is 488 g/mol. The van der Waals surface area contributed by atoms with E-state index in [4.69, 9.17) is 4.74 Å². The van der Waals surface area contributed by atoms with E-state index in [2.05, 4.69) is 31.4 Å². The van der Waals surface area contributed by atoms with Gasteiger partial charge in [-0.15, -0.1) is 10.2 Å². The van der Waals surface area contributed by atoms with Crippen molar-refractivity contribution in [3.8, 4) is 22.8 Å². The lowest BCUT2D eigenvalue weighted by Crippen LogP contribution is -2.15. The molecule has 0 spiro atoms. The molecule has 0 bridgehead atoms. The molecule has 0 aliphatic carbocycles. The number of nitrogens with one attached hydrogen (secondary N) is 1. The Balaban J connectivity index is 1.58. The van der Waals surface area contributed by atoms with E-state index in [1.807, 2.05) is 84.3 Å². The van der Waals surface area contributed by atoms with Crippen LogP contribution in [0.3, 0.4) is 0 Å². The minimum absolute atomic E-state index is 0.147. The van der Waals surface area contributed by atoms with Crippen LogP contribution in [0.2, 0.25) is 0 Å². The number of rotatable bonds is 7. The Labute approximate surface area is 199 Å². The Morgan fingerprint density at radius 1 is 1.06 bits per heavy atom. The SMILES string of the molecule is COc1ccc(C)cc1NC(=O)CSc1nnc(-c2ccc(Br)cc2)n1-c1ccccc1. The Morgan fingerprint density at radius 3 is 2.53 bits per heavy atom. The molecule has 1 amide bonds. The number of carbonyl (C=O) groups is 1. The van der Waals surface area contributed by atoms with Crippen molar-refractivity contribution in [2.45, 2.75) is 12.1 Å². The van der Waals surface area contributed by atoms with E-state index in [0.29, 0.717) is 22.4 Å². The van der Waals surface area contributed by atoms with E-state index in [0.717, 1.165) is 21.3 Å². The molecule has 0 fully saturated rings. The molecule has 0 aliphatic heterocycles. The molecule has 0 atom stereocenters. The van der Waals surface area contributed by atoms with Gasteiger partial charge < -0.3 is 10.1 Å². The van der Waals surface area contributed by atoms with Crippen LogP contribution in [0.1, 0.15) is 5.56 Å². The smallest absolute Gasteiger partial charge is 0.234 e. The van der Waals surface area contributed by atoms with Crippen molar-refractivity contribution in [1.82, 2.24) is 14.8 Å². The van der Waals surface area contributed by atoms with Gasteiger partial charge in [-0.3, -0.25) is 9.36 Å². The first-order valence-corrected chi connectivity index (χ1v) is 11.7. The second-order valence-electron chi connectivity index (χ2n) is 7.02. The normalized spacial score (nSPS) is 10.7. The average Bonchev–Trinajstić information content (AvgIpc) is 3.23. The predicted molar refractivity (Wildman–Crippen MR) is 132 cm³/mol. The topological polar surface area (TPSA) is 69.0 Å². The van der Waals surface area contributed by atoms with Gasteiger partial charge in [0.15, 0.2) is 11.0 Å². The van der Waals surface area contributed by atoms with Crippen LogP contribution < -0.4 is 10.1 Å². The quantitative estimate of drug-likeness (QED) is 0.322. The number of methoxy groups -OCH3 is 1. The molecule has 0 saturated carbocycles. The van der Waals surface area contributed by atoms with Gasteiger partial charge in [0.2, 0.25) is 5.91 Å². The van der Waals surface area contributed by atoms with Gasteiger partial charge in [0.05, 0.1) is 18.6 Å². The maximum absolute atomic E-state index is 12.7. The summed E-state index contributed by atoms with van der Waals surface area (Å²) in [6.07, 6.45) is 0. The molecule has 8 heteroatoms. The first kappa shape index (κ1) is 22.1. The number of halogens is 1. The zero-order valence-corrected chi connectivity index (χ0v) is 20.0. The van der Waals surface area contributed by atoms with Gasteiger partial charge in [0, 0.05) is 15.7 Å². The molecule has 4 rings (SSSR count). The van der Waals surface area contributed by atoms with Gasteiger partial charge in [0.25, 0.3) is 0 Å². The highest BCUT2D eigenvalue weighted by atomic mass is 79.9. The molecule has 6 nitrogen and oxygen atoms in total. The Morgan fingerprint density at radius 2 is 1.81 bits per heavy atom. The number of para-hydroxylation sites is 1. The second kappa shape index (κ2) is 10.0. The number of hydrogen-bond acceptors (Lipinski definition) is 5. The van der Waals surface area contributed by atoms with Crippen molar-refractivity contribution in [3.63, 3.8) is 0 Å². The number of anilines is 1. The zero-order valence-electron chi connectivity index (χ0n) is 17.6. The predicted octanol–water partition coefficient (Wildman–Crippen LogP) is 5.74. The van der Waals surface area contributed by atoms with Crippen molar-refractivity contribution in [2.24, 2.45) is 0 Å². The molecule has 4 aromatic rings. The van der Waals surface area contributed by atoms with E-state index < -0.39 is 0 Å². The number of nitrogens with zero attached hydrogens (tertiary/aromatic N) is 3. The van der Waals surface area contributed by atoms with Crippen molar-refractivity contribution in [1.29, 1.82) is 0 Å². The van der Waals surface area contributed by atoms with Crippen LogP contribution in [0.15, 0.2) is 82.4 Å². The molecule has 1 aromatic heterocycles. The zero-order chi connectivity index (χ0) is 22.5. The molecule has 162 valence electrons. The fourth-order valence-electron chi connectivity index (χ4n) is 3.20. The minimum Gasteiger partial charge on any atom is -0.495 e. The third-order valence-electron chi connectivity index (χ3n) is 4.71. The summed E-state index contributed by atoms with van der Waals surface area (Å²) in [7, 11) is 1.58. The lowest BCUT2D eigenvalue weighted by Gasteiger charge is -2.12. The summed E-state index contributed by atoms with van der Waals surface area (Å²) in [5, 5.41) is 12.4. The molecule has 32 heavy (non-hydrogen) atoms. The maximum atomic E-state index is 12.7. The molecule has 0 radical (unpaired) electrons. The molecule has 0 saturated heterocycles. The third-order valence-corrected chi connectivity index (χ3v) is 6.17. The Kier molecular flexibility index (Phi) is 6.92. The van der Waals surface area contributed by atoms with Gasteiger partial charge in [-0.05, 0) is 48.9 Å². The van der Waals surface area contributed by atoms with Crippen LogP contribution in [-0.2, 0) is 4.79 Å². The van der Waals surface area contributed by atoms with Crippen LogP contribution in [0, 0.1) is 6.92 Å². The fraction of sp³-hybridized carbons (Fsp3) is 0.125. The Bertz CT molecular complexity index is 1230. The Hall–Kier alpha value is -3.10. The summed E-state index contributed by atoms with van der Waals surface area (Å²) >= 11 is 4.80. The van der Waals surface area contributed by atoms with Gasteiger partial charge in [0.1, 0.15) is 5.75 Å². The van der Waals surface area contributed by atoms with E-state index in [1.165, 1.54) is 11.8 Å².